The number of halogens is 4. The molecule has 2 aromatic rings. The highest BCUT2D eigenvalue weighted by Crippen LogP contribution is 2.32. The lowest BCUT2D eigenvalue weighted by molar-refractivity contribution is -0.141. The lowest BCUT2D eigenvalue weighted by Gasteiger charge is -2.13. The molecule has 5 nitrogen and oxygen atoms in total. The van der Waals surface area contributed by atoms with Crippen LogP contribution >= 0.6 is 15.9 Å². The minimum atomic E-state index is -4.60. The van der Waals surface area contributed by atoms with Crippen LogP contribution < -0.4 is 10.6 Å². The van der Waals surface area contributed by atoms with Crippen LogP contribution in [0.3, 0.4) is 0 Å². The summed E-state index contributed by atoms with van der Waals surface area (Å²) in [6.07, 6.45) is -4.60. The minimum absolute atomic E-state index is 0.00248. The lowest BCUT2D eigenvalue weighted by atomic mass is 10.2. The van der Waals surface area contributed by atoms with Gasteiger partial charge in [-0.1, -0.05) is 6.07 Å². The first-order valence-corrected chi connectivity index (χ1v) is 7.43. The van der Waals surface area contributed by atoms with E-state index >= 15 is 0 Å². The molecule has 0 saturated heterocycles. The van der Waals surface area contributed by atoms with Gasteiger partial charge in [0.15, 0.2) is 5.69 Å². The van der Waals surface area contributed by atoms with Crippen molar-refractivity contribution >= 4 is 33.4 Å². The molecule has 3 N–H and O–H groups in total. The number of anilines is 3. The zero-order valence-corrected chi connectivity index (χ0v) is 13.7. The van der Waals surface area contributed by atoms with Gasteiger partial charge in [-0.05, 0) is 40.5 Å². The molecule has 1 aromatic carbocycles. The molecule has 1 aromatic heterocycles. The van der Waals surface area contributed by atoms with E-state index in [-0.39, 0.29) is 24.9 Å². The molecule has 0 amide bonds. The Morgan fingerprint density at radius 2 is 1.96 bits per heavy atom. The van der Waals surface area contributed by atoms with Crippen molar-refractivity contribution in [1.29, 1.82) is 0 Å². The monoisotopic (exact) mass is 390 g/mol. The van der Waals surface area contributed by atoms with Gasteiger partial charge in [-0.15, -0.1) is 0 Å². The quantitative estimate of drug-likeness (QED) is 0.725. The van der Waals surface area contributed by atoms with Crippen LogP contribution in [-0.4, -0.2) is 28.2 Å². The van der Waals surface area contributed by atoms with E-state index in [0.717, 1.165) is 11.6 Å². The SMILES string of the molecule is Cc1ccc(Nc2cc(C(F)(F)F)nc(NCCO)n2)c(Br)c1. The van der Waals surface area contributed by atoms with Crippen molar-refractivity contribution in [3.63, 3.8) is 0 Å². The van der Waals surface area contributed by atoms with Gasteiger partial charge in [-0.25, -0.2) is 4.98 Å². The van der Waals surface area contributed by atoms with E-state index < -0.39 is 11.9 Å². The van der Waals surface area contributed by atoms with E-state index in [2.05, 4.69) is 36.5 Å². The second-order valence-electron chi connectivity index (χ2n) is 4.72. The van der Waals surface area contributed by atoms with E-state index in [1.54, 1.807) is 6.07 Å². The molecule has 0 spiro atoms. The summed E-state index contributed by atoms with van der Waals surface area (Å²) < 4.78 is 39.5. The van der Waals surface area contributed by atoms with Crippen LogP contribution in [0.15, 0.2) is 28.7 Å². The van der Waals surface area contributed by atoms with Crippen LogP contribution in [-0.2, 0) is 6.18 Å². The maximum atomic E-state index is 12.9. The first kappa shape index (κ1) is 17.5. The Morgan fingerprint density at radius 1 is 1.22 bits per heavy atom. The van der Waals surface area contributed by atoms with Crippen molar-refractivity contribution in [2.24, 2.45) is 0 Å². The second-order valence-corrected chi connectivity index (χ2v) is 5.57. The van der Waals surface area contributed by atoms with Gasteiger partial charge in [0, 0.05) is 17.1 Å². The predicted molar refractivity (Wildman–Crippen MR) is 84.8 cm³/mol. The molecule has 2 rings (SSSR count). The predicted octanol–water partition coefficient (Wildman–Crippen LogP) is 3.71. The molecule has 0 aliphatic carbocycles. The molecule has 9 heteroatoms. The highest BCUT2D eigenvalue weighted by molar-refractivity contribution is 9.10. The van der Waals surface area contributed by atoms with Crippen molar-refractivity contribution in [2.75, 3.05) is 23.8 Å². The van der Waals surface area contributed by atoms with Gasteiger partial charge < -0.3 is 15.7 Å². The number of nitrogens with zero attached hydrogens (tertiary/aromatic N) is 2. The molecule has 0 aliphatic rings. The molecule has 0 unspecified atom stereocenters. The zero-order valence-electron chi connectivity index (χ0n) is 12.1. The van der Waals surface area contributed by atoms with Gasteiger partial charge in [0.1, 0.15) is 5.82 Å². The Morgan fingerprint density at radius 3 is 2.57 bits per heavy atom. The van der Waals surface area contributed by atoms with Gasteiger partial charge in [0.2, 0.25) is 5.95 Å². The number of hydrogen-bond donors (Lipinski definition) is 3. The minimum Gasteiger partial charge on any atom is -0.395 e. The summed E-state index contributed by atoms with van der Waals surface area (Å²) in [5, 5.41) is 14.1. The fraction of sp³-hybridized carbons (Fsp3) is 0.286. The topological polar surface area (TPSA) is 70.1 Å². The number of rotatable bonds is 5. The van der Waals surface area contributed by atoms with E-state index in [1.807, 2.05) is 19.1 Å². The van der Waals surface area contributed by atoms with E-state index in [0.29, 0.717) is 10.2 Å². The third-order valence-corrected chi connectivity index (χ3v) is 3.45. The van der Waals surface area contributed by atoms with Crippen LogP contribution in [0, 0.1) is 6.92 Å². The van der Waals surface area contributed by atoms with Crippen molar-refractivity contribution in [3.05, 3.63) is 40.0 Å². The number of alkyl halides is 3. The molecule has 0 bridgehead atoms. The highest BCUT2D eigenvalue weighted by atomic mass is 79.9. The summed E-state index contributed by atoms with van der Waals surface area (Å²) in [4.78, 5) is 7.39. The standard InChI is InChI=1S/C14H14BrF3N4O/c1-8-2-3-10(9(15)6-8)20-12-7-11(14(16,17)18)21-13(22-12)19-4-5-23/h2-3,6-7,23H,4-5H2,1H3,(H2,19,20,21,22). The lowest BCUT2D eigenvalue weighted by Crippen LogP contribution is -2.15. The molecule has 0 radical (unpaired) electrons. The smallest absolute Gasteiger partial charge is 0.395 e. The fourth-order valence-electron chi connectivity index (χ4n) is 1.76. The van der Waals surface area contributed by atoms with Crippen LogP contribution in [0.4, 0.5) is 30.6 Å². The Kier molecular flexibility index (Phi) is 5.42. The maximum Gasteiger partial charge on any atom is 0.433 e. The molecule has 0 saturated carbocycles. The van der Waals surface area contributed by atoms with Crippen LogP contribution in [0.25, 0.3) is 0 Å². The molecule has 1 heterocycles. The molecule has 0 atom stereocenters. The molecule has 0 aliphatic heterocycles. The van der Waals surface area contributed by atoms with Gasteiger partial charge >= 0.3 is 6.18 Å². The number of aromatic nitrogens is 2. The van der Waals surface area contributed by atoms with Gasteiger partial charge in [0.25, 0.3) is 0 Å². The number of hydrogen-bond acceptors (Lipinski definition) is 5. The Hall–Kier alpha value is -1.87. The summed E-state index contributed by atoms with van der Waals surface area (Å²) in [5.74, 6) is -0.211. The normalized spacial score (nSPS) is 11.4. The third kappa shape index (κ3) is 4.80. The summed E-state index contributed by atoms with van der Waals surface area (Å²) in [5.41, 5.74) is 0.514. The number of aryl methyl sites for hydroxylation is 1. The average Bonchev–Trinajstić information content (AvgIpc) is 2.47. The van der Waals surface area contributed by atoms with E-state index in [9.17, 15) is 13.2 Å². The molecule has 0 fully saturated rings. The summed E-state index contributed by atoms with van der Waals surface area (Å²) >= 11 is 3.35. The highest BCUT2D eigenvalue weighted by Gasteiger charge is 2.33. The molecule has 23 heavy (non-hydrogen) atoms. The Labute approximate surface area is 139 Å². The van der Waals surface area contributed by atoms with Crippen LogP contribution in [0.1, 0.15) is 11.3 Å². The molecule has 124 valence electrons. The summed E-state index contributed by atoms with van der Waals surface area (Å²) in [6, 6.07) is 6.22. The van der Waals surface area contributed by atoms with Crippen LogP contribution in [0.2, 0.25) is 0 Å². The van der Waals surface area contributed by atoms with Crippen LogP contribution in [0.5, 0.6) is 0 Å². The third-order valence-electron chi connectivity index (χ3n) is 2.80. The van der Waals surface area contributed by atoms with Gasteiger partial charge in [0.05, 0.1) is 12.3 Å². The maximum absolute atomic E-state index is 12.9. The summed E-state index contributed by atoms with van der Waals surface area (Å²) in [6.45, 7) is 1.71. The molecular weight excluding hydrogens is 377 g/mol. The zero-order chi connectivity index (χ0) is 17.0. The second kappa shape index (κ2) is 7.14. The van der Waals surface area contributed by atoms with Gasteiger partial charge in [-0.2, -0.15) is 18.2 Å². The van der Waals surface area contributed by atoms with Crippen molar-refractivity contribution in [3.8, 4) is 0 Å². The Bertz CT molecular complexity index is 694. The van der Waals surface area contributed by atoms with E-state index in [1.165, 1.54) is 0 Å². The molecular formula is C14H14BrF3N4O. The van der Waals surface area contributed by atoms with E-state index in [4.69, 9.17) is 5.11 Å². The Balaban J connectivity index is 2.36. The first-order valence-electron chi connectivity index (χ1n) is 6.64. The largest absolute Gasteiger partial charge is 0.433 e. The number of aliphatic hydroxyl groups excluding tert-OH is 1. The summed E-state index contributed by atoms with van der Waals surface area (Å²) in [7, 11) is 0. The average molecular weight is 391 g/mol. The number of benzene rings is 1. The number of aliphatic hydroxyl groups is 1. The van der Waals surface area contributed by atoms with Gasteiger partial charge in [-0.3, -0.25) is 0 Å². The van der Waals surface area contributed by atoms with Crippen molar-refractivity contribution < 1.29 is 18.3 Å². The van der Waals surface area contributed by atoms with Crippen molar-refractivity contribution in [1.82, 2.24) is 9.97 Å². The number of nitrogens with one attached hydrogen (secondary N) is 2. The fourth-order valence-corrected chi connectivity index (χ4v) is 2.36. The first-order chi connectivity index (χ1) is 10.8. The van der Waals surface area contributed by atoms with Crippen molar-refractivity contribution in [2.45, 2.75) is 13.1 Å².